The van der Waals surface area contributed by atoms with E-state index in [4.69, 9.17) is 0 Å². The summed E-state index contributed by atoms with van der Waals surface area (Å²) in [7, 11) is 8.17. The van der Waals surface area contributed by atoms with E-state index in [1.54, 1.807) is 0 Å². The van der Waals surface area contributed by atoms with Crippen LogP contribution in [0.2, 0.25) is 0 Å². The first-order chi connectivity index (χ1) is 8.00. The summed E-state index contributed by atoms with van der Waals surface area (Å²) in [4.78, 5) is 11.3. The van der Waals surface area contributed by atoms with Crippen molar-refractivity contribution in [2.45, 2.75) is 19.8 Å². The first kappa shape index (κ1) is 18.0. The summed E-state index contributed by atoms with van der Waals surface area (Å²) in [6.45, 7) is 6.84. The van der Waals surface area contributed by atoms with Gasteiger partial charge >= 0.3 is 0 Å². The highest BCUT2D eigenvalue weighted by Gasteiger charge is 2.14. The molecular weight excluding hydrogens is 339 g/mol. The van der Waals surface area contributed by atoms with Crippen LogP contribution in [-0.4, -0.2) is 75.0 Å². The molecule has 0 bridgehead atoms. The molecule has 108 valence electrons. The molecule has 18 heavy (non-hydrogen) atoms. The zero-order valence-electron chi connectivity index (χ0n) is 12.5. The third kappa shape index (κ3) is 6.22. The molecule has 0 aliphatic carbocycles. The van der Waals surface area contributed by atoms with Crippen LogP contribution < -0.4 is 0 Å². The van der Waals surface area contributed by atoms with Gasteiger partial charge in [0.1, 0.15) is 0 Å². The summed E-state index contributed by atoms with van der Waals surface area (Å²) in [6.07, 6.45) is 2.69. The van der Waals surface area contributed by atoms with Gasteiger partial charge in [-0.3, -0.25) is 4.99 Å². The maximum Gasteiger partial charge on any atom is 0.195 e. The lowest BCUT2D eigenvalue weighted by molar-refractivity contribution is 0.197. The van der Waals surface area contributed by atoms with Gasteiger partial charge in [0.05, 0.1) is 6.54 Å². The maximum absolute atomic E-state index is 4.66. The van der Waals surface area contributed by atoms with E-state index in [0.717, 1.165) is 25.0 Å². The minimum Gasteiger partial charge on any atom is -0.349 e. The quantitative estimate of drug-likeness (QED) is 0.431. The van der Waals surface area contributed by atoms with E-state index in [2.05, 4.69) is 26.6 Å². The highest BCUT2D eigenvalue weighted by molar-refractivity contribution is 14.0. The van der Waals surface area contributed by atoms with Gasteiger partial charge in [-0.1, -0.05) is 6.92 Å². The summed E-state index contributed by atoms with van der Waals surface area (Å²) in [6, 6.07) is 0. The number of likely N-dealkylation sites (tertiary alicyclic amines) is 1. The van der Waals surface area contributed by atoms with Crippen molar-refractivity contribution >= 4 is 29.9 Å². The van der Waals surface area contributed by atoms with Crippen LogP contribution >= 0.6 is 24.0 Å². The standard InChI is InChI=1S/C13H28N4.HI/c1-12-6-9-17(10-7-12)11-8-14-13(15(2)3)16(4)5;/h12H,6-11H2,1-5H3;1H. The van der Waals surface area contributed by atoms with Crippen molar-refractivity contribution in [3.63, 3.8) is 0 Å². The average molecular weight is 368 g/mol. The molecular formula is C13H29IN4. The number of nitrogens with zero attached hydrogens (tertiary/aromatic N) is 4. The maximum atomic E-state index is 4.66. The lowest BCUT2D eigenvalue weighted by atomic mass is 9.99. The van der Waals surface area contributed by atoms with Crippen LogP contribution in [0.5, 0.6) is 0 Å². The van der Waals surface area contributed by atoms with E-state index in [1.165, 1.54) is 25.9 Å². The van der Waals surface area contributed by atoms with E-state index in [0.29, 0.717) is 0 Å². The average Bonchev–Trinajstić information content (AvgIpc) is 2.25. The van der Waals surface area contributed by atoms with Gasteiger partial charge in [0.15, 0.2) is 5.96 Å². The van der Waals surface area contributed by atoms with Crippen molar-refractivity contribution in [2.75, 3.05) is 54.4 Å². The molecule has 1 rings (SSSR count). The molecule has 0 saturated carbocycles. The minimum atomic E-state index is 0. The van der Waals surface area contributed by atoms with E-state index in [1.807, 2.05) is 28.2 Å². The summed E-state index contributed by atoms with van der Waals surface area (Å²) >= 11 is 0. The van der Waals surface area contributed by atoms with Crippen LogP contribution in [-0.2, 0) is 0 Å². The number of rotatable bonds is 3. The van der Waals surface area contributed by atoms with Crippen LogP contribution in [0, 0.1) is 5.92 Å². The fraction of sp³-hybridized carbons (Fsp3) is 0.923. The number of aliphatic imine (C=N–C) groups is 1. The van der Waals surface area contributed by atoms with Gasteiger partial charge in [0, 0.05) is 34.7 Å². The van der Waals surface area contributed by atoms with Gasteiger partial charge in [-0.15, -0.1) is 24.0 Å². The fourth-order valence-corrected chi connectivity index (χ4v) is 2.26. The molecule has 0 atom stereocenters. The summed E-state index contributed by atoms with van der Waals surface area (Å²) in [5.41, 5.74) is 0. The molecule has 1 aliphatic rings. The molecule has 0 unspecified atom stereocenters. The van der Waals surface area contributed by atoms with Crippen molar-refractivity contribution in [2.24, 2.45) is 10.9 Å². The molecule has 0 aromatic heterocycles. The molecule has 0 radical (unpaired) electrons. The fourth-order valence-electron chi connectivity index (χ4n) is 2.26. The molecule has 1 fully saturated rings. The molecule has 1 heterocycles. The largest absolute Gasteiger partial charge is 0.349 e. The second kappa shape index (κ2) is 8.96. The number of hydrogen-bond acceptors (Lipinski definition) is 2. The van der Waals surface area contributed by atoms with E-state index in [-0.39, 0.29) is 24.0 Å². The molecule has 0 N–H and O–H groups in total. The molecule has 1 aliphatic heterocycles. The molecule has 0 spiro atoms. The Kier molecular flexibility index (Phi) is 8.94. The number of piperidine rings is 1. The predicted octanol–water partition coefficient (Wildman–Crippen LogP) is 1.82. The number of guanidine groups is 1. The molecule has 0 aromatic rings. The normalized spacial score (nSPS) is 16.9. The molecule has 0 aromatic carbocycles. The topological polar surface area (TPSA) is 22.1 Å². The predicted molar refractivity (Wildman–Crippen MR) is 89.9 cm³/mol. The monoisotopic (exact) mass is 368 g/mol. The Balaban J connectivity index is 0.00000289. The Morgan fingerprint density at radius 1 is 1.11 bits per heavy atom. The molecule has 5 heteroatoms. The SMILES string of the molecule is CC1CCN(CCN=C(N(C)C)N(C)C)CC1.I. The first-order valence-electron chi connectivity index (χ1n) is 6.62. The van der Waals surface area contributed by atoms with Crippen molar-refractivity contribution in [3.8, 4) is 0 Å². The Morgan fingerprint density at radius 2 is 1.61 bits per heavy atom. The number of halogens is 1. The lowest BCUT2D eigenvalue weighted by Crippen LogP contribution is -2.37. The van der Waals surface area contributed by atoms with Gasteiger partial charge in [-0.25, -0.2) is 0 Å². The second-order valence-electron chi connectivity index (χ2n) is 5.49. The van der Waals surface area contributed by atoms with Gasteiger partial charge in [0.2, 0.25) is 0 Å². The van der Waals surface area contributed by atoms with Crippen LogP contribution in [0.15, 0.2) is 4.99 Å². The lowest BCUT2D eigenvalue weighted by Gasteiger charge is -2.30. The van der Waals surface area contributed by atoms with Gasteiger partial charge in [-0.2, -0.15) is 0 Å². The minimum absolute atomic E-state index is 0. The van der Waals surface area contributed by atoms with Crippen LogP contribution in [0.1, 0.15) is 19.8 Å². The smallest absolute Gasteiger partial charge is 0.195 e. The molecule has 0 amide bonds. The molecule has 4 nitrogen and oxygen atoms in total. The summed E-state index contributed by atoms with van der Waals surface area (Å²) in [5, 5.41) is 0. The third-order valence-electron chi connectivity index (χ3n) is 3.35. The Morgan fingerprint density at radius 3 is 2.06 bits per heavy atom. The van der Waals surface area contributed by atoms with Crippen LogP contribution in [0.25, 0.3) is 0 Å². The van der Waals surface area contributed by atoms with Crippen LogP contribution in [0.3, 0.4) is 0 Å². The zero-order chi connectivity index (χ0) is 12.8. The van der Waals surface area contributed by atoms with Crippen molar-refractivity contribution in [1.82, 2.24) is 14.7 Å². The Labute approximate surface area is 129 Å². The van der Waals surface area contributed by atoms with Crippen molar-refractivity contribution in [3.05, 3.63) is 0 Å². The third-order valence-corrected chi connectivity index (χ3v) is 3.35. The van der Waals surface area contributed by atoms with Crippen molar-refractivity contribution < 1.29 is 0 Å². The second-order valence-corrected chi connectivity index (χ2v) is 5.49. The first-order valence-corrected chi connectivity index (χ1v) is 6.62. The zero-order valence-corrected chi connectivity index (χ0v) is 14.8. The highest BCUT2D eigenvalue weighted by atomic mass is 127. The van der Waals surface area contributed by atoms with E-state index in [9.17, 15) is 0 Å². The molecule has 1 saturated heterocycles. The van der Waals surface area contributed by atoms with E-state index < -0.39 is 0 Å². The van der Waals surface area contributed by atoms with Gasteiger partial charge < -0.3 is 14.7 Å². The van der Waals surface area contributed by atoms with Crippen LogP contribution in [0.4, 0.5) is 0 Å². The summed E-state index contributed by atoms with van der Waals surface area (Å²) < 4.78 is 0. The summed E-state index contributed by atoms with van der Waals surface area (Å²) in [5.74, 6) is 1.96. The Hall–Kier alpha value is -0.0400. The van der Waals surface area contributed by atoms with Gasteiger partial charge in [-0.05, 0) is 31.8 Å². The number of hydrogen-bond donors (Lipinski definition) is 0. The highest BCUT2D eigenvalue weighted by Crippen LogP contribution is 2.15. The van der Waals surface area contributed by atoms with E-state index >= 15 is 0 Å². The van der Waals surface area contributed by atoms with Gasteiger partial charge in [0.25, 0.3) is 0 Å². The Bertz CT molecular complexity index is 235. The van der Waals surface area contributed by atoms with Crippen molar-refractivity contribution in [1.29, 1.82) is 0 Å².